The van der Waals surface area contributed by atoms with Gasteiger partial charge >= 0.3 is 0 Å². The van der Waals surface area contributed by atoms with Crippen molar-refractivity contribution in [2.75, 3.05) is 0 Å². The minimum Gasteiger partial charge on any atom is -0.345 e. The van der Waals surface area contributed by atoms with Crippen molar-refractivity contribution >= 4 is 29.7 Å². The number of aromatic amines is 1. The molecule has 0 bridgehead atoms. The number of H-pyrrole nitrogens is 1. The Hall–Kier alpha value is -1.27. The van der Waals surface area contributed by atoms with Crippen LogP contribution in [-0.4, -0.2) is 26.7 Å². The van der Waals surface area contributed by atoms with Gasteiger partial charge < -0.3 is 4.98 Å². The number of fused-ring (bicyclic) bond motifs is 1. The molecule has 5 nitrogen and oxygen atoms in total. The molecular weight excluding hydrogens is 174 g/mol. The van der Waals surface area contributed by atoms with Crippen LogP contribution in [0.15, 0.2) is 11.3 Å². The standard InChI is InChI=1S/C6H7N5S/c7-11-3-10-6-5(4(11)1-12)8-2-9-6/h1-4H,7H2,(H,8,9). The Morgan fingerprint density at radius 2 is 2.58 bits per heavy atom. The highest BCUT2D eigenvalue weighted by Crippen LogP contribution is 2.26. The lowest BCUT2D eigenvalue weighted by molar-refractivity contribution is 0.409. The Morgan fingerprint density at radius 3 is 3.33 bits per heavy atom. The maximum Gasteiger partial charge on any atom is 0.177 e. The van der Waals surface area contributed by atoms with Crippen LogP contribution in [0.5, 0.6) is 0 Å². The monoisotopic (exact) mass is 181 g/mol. The molecule has 1 aliphatic heterocycles. The second kappa shape index (κ2) is 2.65. The lowest BCUT2D eigenvalue weighted by Gasteiger charge is -2.23. The van der Waals surface area contributed by atoms with Crippen molar-refractivity contribution in [2.45, 2.75) is 6.04 Å². The number of thiocarbonyl (C=S) groups is 1. The number of hydrogen-bond donors (Lipinski definition) is 2. The van der Waals surface area contributed by atoms with E-state index in [1.54, 1.807) is 11.7 Å². The van der Waals surface area contributed by atoms with E-state index < -0.39 is 0 Å². The number of nitrogens with zero attached hydrogens (tertiary/aromatic N) is 3. The topological polar surface area (TPSA) is 70.3 Å². The molecule has 1 aliphatic rings. The molecule has 62 valence electrons. The molecule has 3 N–H and O–H groups in total. The molecule has 6 heteroatoms. The van der Waals surface area contributed by atoms with E-state index in [2.05, 4.69) is 15.0 Å². The summed E-state index contributed by atoms with van der Waals surface area (Å²) in [5.74, 6) is 6.26. The first-order valence-electron chi connectivity index (χ1n) is 3.38. The van der Waals surface area contributed by atoms with Gasteiger partial charge in [-0.15, -0.1) is 0 Å². The number of aliphatic imine (C=N–C) groups is 1. The van der Waals surface area contributed by atoms with Crippen LogP contribution in [0.2, 0.25) is 0 Å². The maximum atomic E-state index is 5.60. The molecule has 1 unspecified atom stereocenters. The molecule has 0 radical (unpaired) electrons. The number of imidazole rings is 1. The summed E-state index contributed by atoms with van der Waals surface area (Å²) in [5.41, 5.74) is 0.843. The zero-order valence-electron chi connectivity index (χ0n) is 6.14. The van der Waals surface area contributed by atoms with Crippen LogP contribution in [0.25, 0.3) is 0 Å². The summed E-state index contributed by atoms with van der Waals surface area (Å²) < 4.78 is 0. The van der Waals surface area contributed by atoms with E-state index in [4.69, 9.17) is 18.1 Å². The first-order chi connectivity index (χ1) is 5.83. The Labute approximate surface area is 74.3 Å². The number of hydrazine groups is 1. The Kier molecular flexibility index (Phi) is 1.63. The van der Waals surface area contributed by atoms with Gasteiger partial charge in [-0.05, 0) is 0 Å². The van der Waals surface area contributed by atoms with E-state index in [-0.39, 0.29) is 6.04 Å². The van der Waals surface area contributed by atoms with E-state index in [0.717, 1.165) is 5.69 Å². The Morgan fingerprint density at radius 1 is 1.75 bits per heavy atom. The fraction of sp³-hybridized carbons (Fsp3) is 0.167. The number of hydrogen-bond acceptors (Lipinski definition) is 5. The molecule has 0 aromatic carbocycles. The van der Waals surface area contributed by atoms with Gasteiger partial charge in [0, 0.05) is 5.37 Å². The predicted molar refractivity (Wildman–Crippen MR) is 49.2 cm³/mol. The van der Waals surface area contributed by atoms with Gasteiger partial charge in [-0.1, -0.05) is 12.2 Å². The van der Waals surface area contributed by atoms with E-state index in [0.29, 0.717) is 5.82 Å². The summed E-state index contributed by atoms with van der Waals surface area (Å²) in [6, 6.07) is -0.130. The minimum atomic E-state index is -0.130. The average Bonchev–Trinajstić information content (AvgIpc) is 2.52. The molecule has 0 saturated carbocycles. The highest BCUT2D eigenvalue weighted by atomic mass is 32.1. The van der Waals surface area contributed by atoms with E-state index in [1.807, 2.05) is 0 Å². The lowest BCUT2D eigenvalue weighted by Crippen LogP contribution is -2.36. The molecule has 0 saturated heterocycles. The predicted octanol–water partition coefficient (Wildman–Crippen LogP) is 0.300. The molecule has 1 aromatic rings. The van der Waals surface area contributed by atoms with Crippen LogP contribution < -0.4 is 5.84 Å². The van der Waals surface area contributed by atoms with Gasteiger partial charge in [0.1, 0.15) is 12.4 Å². The van der Waals surface area contributed by atoms with Gasteiger partial charge in [-0.2, -0.15) is 0 Å². The van der Waals surface area contributed by atoms with E-state index in [1.165, 1.54) is 11.3 Å². The van der Waals surface area contributed by atoms with Crippen LogP contribution in [0.4, 0.5) is 5.82 Å². The summed E-state index contributed by atoms with van der Waals surface area (Å²) in [6.07, 6.45) is 3.09. The second-order valence-electron chi connectivity index (χ2n) is 2.41. The van der Waals surface area contributed by atoms with E-state index >= 15 is 0 Å². The molecular formula is C6H7N5S. The summed E-state index contributed by atoms with van der Waals surface area (Å²) in [5, 5.41) is 3.01. The third-order valence-electron chi connectivity index (χ3n) is 1.71. The SMILES string of the molecule is NN1C=Nc2nc[nH]c2C1C=S. The quantitative estimate of drug-likeness (QED) is 0.483. The van der Waals surface area contributed by atoms with Crippen molar-refractivity contribution < 1.29 is 0 Å². The zero-order chi connectivity index (χ0) is 8.55. The normalized spacial score (nSPS) is 20.8. The molecule has 1 aromatic heterocycles. The van der Waals surface area contributed by atoms with Crippen LogP contribution in [0, 0.1) is 0 Å². The fourth-order valence-electron chi connectivity index (χ4n) is 1.10. The van der Waals surface area contributed by atoms with Crippen molar-refractivity contribution in [3.8, 4) is 0 Å². The molecule has 12 heavy (non-hydrogen) atoms. The van der Waals surface area contributed by atoms with Crippen LogP contribution in [0.3, 0.4) is 0 Å². The number of nitrogens with one attached hydrogen (secondary N) is 1. The summed E-state index contributed by atoms with van der Waals surface area (Å²) in [4.78, 5) is 10.9. The maximum absolute atomic E-state index is 5.60. The third-order valence-corrected chi connectivity index (χ3v) is 1.96. The molecule has 0 spiro atoms. The fourth-order valence-corrected chi connectivity index (χ4v) is 1.37. The minimum absolute atomic E-state index is 0.130. The van der Waals surface area contributed by atoms with Crippen molar-refractivity contribution in [3.05, 3.63) is 12.0 Å². The Balaban J connectivity index is 2.49. The van der Waals surface area contributed by atoms with Crippen molar-refractivity contribution in [2.24, 2.45) is 10.8 Å². The molecule has 1 atom stereocenters. The third kappa shape index (κ3) is 0.926. The van der Waals surface area contributed by atoms with Gasteiger partial charge in [0.25, 0.3) is 0 Å². The first kappa shape index (κ1) is 7.38. The highest BCUT2D eigenvalue weighted by Gasteiger charge is 2.22. The smallest absolute Gasteiger partial charge is 0.177 e. The molecule has 2 rings (SSSR count). The van der Waals surface area contributed by atoms with Gasteiger partial charge in [-0.3, -0.25) is 5.01 Å². The van der Waals surface area contributed by atoms with Gasteiger partial charge in [0.15, 0.2) is 5.82 Å². The molecule has 0 fully saturated rings. The van der Waals surface area contributed by atoms with Crippen LogP contribution >= 0.6 is 12.2 Å². The van der Waals surface area contributed by atoms with Crippen LogP contribution in [0.1, 0.15) is 11.7 Å². The van der Waals surface area contributed by atoms with E-state index in [9.17, 15) is 0 Å². The van der Waals surface area contributed by atoms with Crippen molar-refractivity contribution in [3.63, 3.8) is 0 Å². The molecule has 0 amide bonds. The zero-order valence-corrected chi connectivity index (χ0v) is 6.95. The first-order valence-corrected chi connectivity index (χ1v) is 3.86. The second-order valence-corrected chi connectivity index (χ2v) is 2.68. The average molecular weight is 181 g/mol. The largest absolute Gasteiger partial charge is 0.345 e. The molecule has 2 heterocycles. The van der Waals surface area contributed by atoms with Crippen LogP contribution in [-0.2, 0) is 0 Å². The lowest BCUT2D eigenvalue weighted by atomic mass is 10.2. The highest BCUT2D eigenvalue weighted by molar-refractivity contribution is 7.79. The van der Waals surface area contributed by atoms with Crippen molar-refractivity contribution in [1.82, 2.24) is 15.0 Å². The number of aromatic nitrogens is 2. The number of nitrogens with two attached hydrogens (primary N) is 1. The number of rotatable bonds is 1. The van der Waals surface area contributed by atoms with Gasteiger partial charge in [-0.25, -0.2) is 15.8 Å². The summed E-state index contributed by atoms with van der Waals surface area (Å²) in [6.45, 7) is 0. The Bertz CT molecular complexity index is 330. The van der Waals surface area contributed by atoms with Gasteiger partial charge in [0.05, 0.1) is 12.0 Å². The molecule has 0 aliphatic carbocycles. The summed E-state index contributed by atoms with van der Waals surface area (Å²) in [7, 11) is 0. The summed E-state index contributed by atoms with van der Waals surface area (Å²) >= 11 is 4.84. The van der Waals surface area contributed by atoms with Gasteiger partial charge in [0.2, 0.25) is 0 Å². The van der Waals surface area contributed by atoms with Crippen molar-refractivity contribution in [1.29, 1.82) is 0 Å².